The molecular formula is C40H37NO3. The summed E-state index contributed by atoms with van der Waals surface area (Å²) in [5.41, 5.74) is 11.3. The number of rotatable bonds is 8. The lowest BCUT2D eigenvalue weighted by molar-refractivity contribution is -0.113. The zero-order chi connectivity index (χ0) is 31.7. The van der Waals surface area contributed by atoms with Gasteiger partial charge in [-0.1, -0.05) is 85.3 Å². The van der Waals surface area contributed by atoms with Gasteiger partial charge in [0.05, 0.1) is 0 Å². The first-order chi connectivity index (χ1) is 21.1. The summed E-state index contributed by atoms with van der Waals surface area (Å²) in [7, 11) is 0. The summed E-state index contributed by atoms with van der Waals surface area (Å²) in [6.07, 6.45) is 0.756. The first-order valence-electron chi connectivity index (χ1n) is 15.0. The van der Waals surface area contributed by atoms with E-state index in [4.69, 9.17) is 0 Å². The van der Waals surface area contributed by atoms with E-state index in [1.807, 2.05) is 101 Å². The number of allylic oxidation sites excluding steroid dienone is 1. The molecule has 0 spiro atoms. The molecule has 0 heterocycles. The molecule has 220 valence electrons. The third kappa shape index (κ3) is 5.44. The van der Waals surface area contributed by atoms with Gasteiger partial charge in [-0.25, -0.2) is 0 Å². The number of hydrogen-bond donors (Lipinski definition) is 0. The van der Waals surface area contributed by atoms with E-state index in [-0.39, 0.29) is 11.5 Å². The molecule has 0 aliphatic rings. The maximum absolute atomic E-state index is 14.4. The SMILES string of the molecule is CCc1c(-c2cc(/C(=C(/N=O)C(C)=O)c3ccccc3C)ccc2C)cc(C(=O)c2c(C)cc(C)cc2C)c2ccccc12. The Bertz CT molecular complexity index is 1990. The Morgan fingerprint density at radius 2 is 1.30 bits per heavy atom. The number of nitroso groups, excluding NO2 is 1. The van der Waals surface area contributed by atoms with E-state index < -0.39 is 5.78 Å². The van der Waals surface area contributed by atoms with Crippen molar-refractivity contribution in [3.05, 3.63) is 151 Å². The van der Waals surface area contributed by atoms with Crippen LogP contribution in [0.2, 0.25) is 0 Å². The number of Topliss-reactive ketones (excluding diaryl/α,β-unsaturated/α-hetero) is 1. The Hall–Kier alpha value is -4.96. The van der Waals surface area contributed by atoms with Crippen molar-refractivity contribution in [1.29, 1.82) is 0 Å². The quantitative estimate of drug-likeness (QED) is 0.104. The molecule has 4 heteroatoms. The highest BCUT2D eigenvalue weighted by atomic mass is 16.3. The average Bonchev–Trinajstić information content (AvgIpc) is 2.99. The first-order valence-corrected chi connectivity index (χ1v) is 15.0. The van der Waals surface area contributed by atoms with E-state index in [1.54, 1.807) is 0 Å². The molecule has 4 nitrogen and oxygen atoms in total. The molecule has 0 saturated carbocycles. The summed E-state index contributed by atoms with van der Waals surface area (Å²) in [4.78, 5) is 39.2. The van der Waals surface area contributed by atoms with Crippen molar-refractivity contribution in [3.8, 4) is 11.1 Å². The third-order valence-corrected chi connectivity index (χ3v) is 8.55. The van der Waals surface area contributed by atoms with Gasteiger partial charge in [0.2, 0.25) is 0 Å². The zero-order valence-corrected chi connectivity index (χ0v) is 26.5. The number of ketones is 2. The highest BCUT2D eigenvalue weighted by molar-refractivity contribution is 6.19. The molecule has 0 radical (unpaired) electrons. The summed E-state index contributed by atoms with van der Waals surface area (Å²) in [6, 6.07) is 27.9. The lowest BCUT2D eigenvalue weighted by atomic mass is 9.83. The minimum absolute atomic E-state index is 0.00146. The molecular weight excluding hydrogens is 542 g/mol. The second-order valence-electron chi connectivity index (χ2n) is 11.7. The molecule has 5 rings (SSSR count). The third-order valence-electron chi connectivity index (χ3n) is 8.55. The lowest BCUT2D eigenvalue weighted by Crippen LogP contribution is -2.09. The maximum Gasteiger partial charge on any atom is 0.194 e. The minimum atomic E-state index is -0.392. The average molecular weight is 580 g/mol. The molecule has 0 atom stereocenters. The van der Waals surface area contributed by atoms with Crippen LogP contribution in [-0.4, -0.2) is 11.6 Å². The van der Waals surface area contributed by atoms with Crippen LogP contribution in [0, 0.1) is 39.5 Å². The van der Waals surface area contributed by atoms with Gasteiger partial charge in [-0.15, -0.1) is 4.91 Å². The maximum atomic E-state index is 14.4. The van der Waals surface area contributed by atoms with Crippen molar-refractivity contribution in [3.63, 3.8) is 0 Å². The van der Waals surface area contributed by atoms with Gasteiger partial charge in [0, 0.05) is 23.6 Å². The van der Waals surface area contributed by atoms with Crippen LogP contribution in [0.15, 0.2) is 95.8 Å². The van der Waals surface area contributed by atoms with Crippen LogP contribution in [0.3, 0.4) is 0 Å². The van der Waals surface area contributed by atoms with Gasteiger partial charge in [0.15, 0.2) is 17.3 Å². The van der Waals surface area contributed by atoms with E-state index >= 15 is 0 Å². The number of benzene rings is 5. The molecule has 0 saturated heterocycles. The summed E-state index contributed by atoms with van der Waals surface area (Å²) < 4.78 is 0. The number of hydrogen-bond acceptors (Lipinski definition) is 4. The van der Waals surface area contributed by atoms with Crippen LogP contribution in [0.25, 0.3) is 27.5 Å². The number of carbonyl (C=O) groups is 2. The molecule has 5 aromatic carbocycles. The normalized spacial score (nSPS) is 11.8. The van der Waals surface area contributed by atoms with Gasteiger partial charge >= 0.3 is 0 Å². The first kappa shape index (κ1) is 30.5. The number of nitrogens with zero attached hydrogens (tertiary/aromatic N) is 1. The molecule has 44 heavy (non-hydrogen) atoms. The Balaban J connectivity index is 1.84. The van der Waals surface area contributed by atoms with Gasteiger partial charge in [0.25, 0.3) is 0 Å². The van der Waals surface area contributed by atoms with Crippen LogP contribution in [0.5, 0.6) is 0 Å². The fraction of sp³-hybridized carbons (Fsp3) is 0.200. The van der Waals surface area contributed by atoms with E-state index in [2.05, 4.69) is 30.3 Å². The second kappa shape index (κ2) is 12.3. The highest BCUT2D eigenvalue weighted by Gasteiger charge is 2.23. The number of fused-ring (bicyclic) bond motifs is 1. The van der Waals surface area contributed by atoms with Gasteiger partial charge < -0.3 is 0 Å². The van der Waals surface area contributed by atoms with E-state index in [9.17, 15) is 14.5 Å². The van der Waals surface area contributed by atoms with Gasteiger partial charge in [-0.05, 0) is 119 Å². The van der Waals surface area contributed by atoms with E-state index in [1.165, 1.54) is 6.92 Å². The topological polar surface area (TPSA) is 63.6 Å². The molecule has 0 aromatic heterocycles. The van der Waals surface area contributed by atoms with Gasteiger partial charge in [-0.2, -0.15) is 0 Å². The largest absolute Gasteiger partial charge is 0.293 e. The van der Waals surface area contributed by atoms with E-state index in [0.29, 0.717) is 11.1 Å². The summed E-state index contributed by atoms with van der Waals surface area (Å²) >= 11 is 0. The second-order valence-corrected chi connectivity index (χ2v) is 11.7. The van der Waals surface area contributed by atoms with Crippen molar-refractivity contribution >= 4 is 27.9 Å². The van der Waals surface area contributed by atoms with Crippen LogP contribution in [0.1, 0.15) is 74.3 Å². The predicted octanol–water partition coefficient (Wildman–Crippen LogP) is 9.96. The Kier molecular flexibility index (Phi) is 8.55. The highest BCUT2D eigenvalue weighted by Crippen LogP contribution is 2.39. The van der Waals surface area contributed by atoms with Crippen LogP contribution >= 0.6 is 0 Å². The van der Waals surface area contributed by atoms with Crippen LogP contribution < -0.4 is 0 Å². The Labute approximate surface area is 259 Å². The monoisotopic (exact) mass is 579 g/mol. The van der Waals surface area contributed by atoms with Gasteiger partial charge in [-0.3, -0.25) is 9.59 Å². The van der Waals surface area contributed by atoms with Crippen LogP contribution in [0.4, 0.5) is 0 Å². The standard InChI is InChI=1S/C40H37NO3/c1-8-30-32-15-11-12-16-33(32)36(40(43)37-26(5)19-23(2)20-27(37)6)22-35(30)34-21-29(18-17-25(34)4)38(39(41-44)28(7)42)31-14-10-9-13-24(31)3/h9-22H,8H2,1-7H3/b39-38-. The smallest absolute Gasteiger partial charge is 0.194 e. The summed E-state index contributed by atoms with van der Waals surface area (Å²) in [6.45, 7) is 13.5. The van der Waals surface area contributed by atoms with Crippen molar-refractivity contribution < 1.29 is 9.59 Å². The molecule has 0 fully saturated rings. The predicted molar refractivity (Wildman–Crippen MR) is 181 cm³/mol. The fourth-order valence-corrected chi connectivity index (χ4v) is 6.54. The Morgan fingerprint density at radius 3 is 1.91 bits per heavy atom. The fourth-order valence-electron chi connectivity index (χ4n) is 6.54. The molecule has 5 aromatic rings. The number of carbonyl (C=O) groups excluding carboxylic acids is 2. The molecule has 0 bridgehead atoms. The lowest BCUT2D eigenvalue weighted by Gasteiger charge is -2.20. The van der Waals surface area contributed by atoms with Crippen molar-refractivity contribution in [2.75, 3.05) is 0 Å². The zero-order valence-electron chi connectivity index (χ0n) is 26.5. The van der Waals surface area contributed by atoms with Crippen molar-refractivity contribution in [1.82, 2.24) is 0 Å². The molecule has 0 unspecified atom stereocenters. The van der Waals surface area contributed by atoms with Crippen molar-refractivity contribution in [2.45, 2.75) is 54.9 Å². The van der Waals surface area contributed by atoms with Crippen LogP contribution in [-0.2, 0) is 11.2 Å². The Morgan fingerprint density at radius 1 is 0.659 bits per heavy atom. The minimum Gasteiger partial charge on any atom is -0.293 e. The van der Waals surface area contributed by atoms with Crippen molar-refractivity contribution in [2.24, 2.45) is 5.18 Å². The van der Waals surface area contributed by atoms with Gasteiger partial charge in [0.1, 0.15) is 0 Å². The molecule has 0 aliphatic heterocycles. The number of aryl methyl sites for hydroxylation is 6. The molecule has 0 N–H and O–H groups in total. The summed E-state index contributed by atoms with van der Waals surface area (Å²) in [5, 5.41) is 5.18. The molecule has 0 amide bonds. The van der Waals surface area contributed by atoms with E-state index in [0.717, 1.165) is 78.4 Å². The summed E-state index contributed by atoms with van der Waals surface area (Å²) in [5.74, 6) is -0.393. The molecule has 0 aliphatic carbocycles.